The van der Waals surface area contributed by atoms with Crippen LogP contribution in [0.4, 0.5) is 0 Å². The molecule has 17 heavy (non-hydrogen) atoms. The highest BCUT2D eigenvalue weighted by molar-refractivity contribution is 7.10. The molecule has 0 aromatic carbocycles. The fraction of sp³-hybridized carbons (Fsp3) is 0.429. The van der Waals surface area contributed by atoms with Crippen LogP contribution in [-0.4, -0.2) is 7.05 Å². The number of hydrogen-bond donors (Lipinski definition) is 1. The summed E-state index contributed by atoms with van der Waals surface area (Å²) in [4.78, 5) is 2.90. The summed E-state index contributed by atoms with van der Waals surface area (Å²) < 4.78 is 0. The van der Waals surface area contributed by atoms with Gasteiger partial charge in [-0.2, -0.15) is 0 Å². The summed E-state index contributed by atoms with van der Waals surface area (Å²) in [6, 6.07) is 7.18. The summed E-state index contributed by atoms with van der Waals surface area (Å²) in [5.41, 5.74) is 1.45. The second-order valence-corrected chi connectivity index (χ2v) is 6.45. The van der Waals surface area contributed by atoms with Crippen molar-refractivity contribution in [3.63, 3.8) is 0 Å². The molecule has 0 bridgehead atoms. The van der Waals surface area contributed by atoms with E-state index in [0.717, 1.165) is 0 Å². The maximum Gasteiger partial charge on any atom is 0.0326 e. The molecule has 0 spiro atoms. The lowest BCUT2D eigenvalue weighted by Gasteiger charge is -2.14. The molecule has 0 saturated carbocycles. The van der Waals surface area contributed by atoms with E-state index in [1.165, 1.54) is 34.6 Å². The summed E-state index contributed by atoms with van der Waals surface area (Å²) in [7, 11) is 2.06. The predicted octanol–water partition coefficient (Wildman–Crippen LogP) is 4.40. The summed E-state index contributed by atoms with van der Waals surface area (Å²) in [6.07, 6.45) is 3.67. The molecule has 2 aromatic heterocycles. The zero-order valence-electron chi connectivity index (χ0n) is 10.4. The van der Waals surface area contributed by atoms with Crippen molar-refractivity contribution < 1.29 is 0 Å². The van der Waals surface area contributed by atoms with E-state index in [2.05, 4.69) is 48.2 Å². The molecular weight excluding hydrogens is 246 g/mol. The largest absolute Gasteiger partial charge is 0.313 e. The first kappa shape index (κ1) is 12.8. The number of hydrogen-bond acceptors (Lipinski definition) is 3. The Labute approximate surface area is 112 Å². The van der Waals surface area contributed by atoms with E-state index >= 15 is 0 Å². The first-order valence-corrected chi connectivity index (χ1v) is 7.80. The zero-order chi connectivity index (χ0) is 12.1. The van der Waals surface area contributed by atoms with E-state index in [1.807, 2.05) is 22.7 Å². The molecule has 0 saturated heterocycles. The van der Waals surface area contributed by atoms with Crippen molar-refractivity contribution >= 4 is 22.7 Å². The molecule has 0 aliphatic heterocycles. The van der Waals surface area contributed by atoms with Crippen molar-refractivity contribution in [1.82, 2.24) is 5.32 Å². The number of nitrogens with one attached hydrogen (secondary N) is 1. The standard InChI is InChI=1S/C14H19NS2/c1-11-9-12(10-17-11)14(15-2)7-3-5-13-6-4-8-16-13/h4,6,8-10,14-15H,3,5,7H2,1-2H3. The SMILES string of the molecule is CNC(CCCc1cccs1)c1csc(C)c1. The molecule has 0 aliphatic carbocycles. The van der Waals surface area contributed by atoms with Crippen LogP contribution in [0.1, 0.15) is 34.2 Å². The average molecular weight is 265 g/mol. The van der Waals surface area contributed by atoms with Gasteiger partial charge in [0.25, 0.3) is 0 Å². The van der Waals surface area contributed by atoms with E-state index in [-0.39, 0.29) is 0 Å². The van der Waals surface area contributed by atoms with Crippen molar-refractivity contribution in [2.24, 2.45) is 0 Å². The minimum atomic E-state index is 0.514. The van der Waals surface area contributed by atoms with Gasteiger partial charge >= 0.3 is 0 Å². The van der Waals surface area contributed by atoms with Crippen LogP contribution in [0.5, 0.6) is 0 Å². The number of thiophene rings is 2. The molecule has 0 fully saturated rings. The minimum absolute atomic E-state index is 0.514. The van der Waals surface area contributed by atoms with Gasteiger partial charge in [0.15, 0.2) is 0 Å². The van der Waals surface area contributed by atoms with Crippen LogP contribution in [0.2, 0.25) is 0 Å². The maximum absolute atomic E-state index is 3.42. The van der Waals surface area contributed by atoms with Crippen LogP contribution in [0, 0.1) is 6.92 Å². The van der Waals surface area contributed by atoms with Gasteiger partial charge in [0.05, 0.1) is 0 Å². The summed E-state index contributed by atoms with van der Waals surface area (Å²) in [5.74, 6) is 0. The third-order valence-corrected chi connectivity index (χ3v) is 4.81. The zero-order valence-corrected chi connectivity index (χ0v) is 12.0. The summed E-state index contributed by atoms with van der Waals surface area (Å²) in [5, 5.41) is 7.86. The fourth-order valence-corrected chi connectivity index (χ4v) is 3.57. The topological polar surface area (TPSA) is 12.0 Å². The Hall–Kier alpha value is -0.640. The van der Waals surface area contributed by atoms with Gasteiger partial charge in [0, 0.05) is 15.8 Å². The molecule has 2 aromatic rings. The van der Waals surface area contributed by atoms with Gasteiger partial charge < -0.3 is 5.32 Å². The molecule has 1 nitrogen and oxygen atoms in total. The summed E-state index contributed by atoms with van der Waals surface area (Å²) >= 11 is 3.71. The molecule has 3 heteroatoms. The van der Waals surface area contributed by atoms with Crippen molar-refractivity contribution in [1.29, 1.82) is 0 Å². The van der Waals surface area contributed by atoms with Crippen LogP contribution in [0.15, 0.2) is 29.0 Å². The van der Waals surface area contributed by atoms with E-state index in [0.29, 0.717) is 6.04 Å². The lowest BCUT2D eigenvalue weighted by molar-refractivity contribution is 0.529. The number of rotatable bonds is 6. The molecule has 2 rings (SSSR count). The lowest BCUT2D eigenvalue weighted by Crippen LogP contribution is -2.15. The van der Waals surface area contributed by atoms with Crippen molar-refractivity contribution in [3.05, 3.63) is 44.3 Å². The number of aryl methyl sites for hydroxylation is 2. The van der Waals surface area contributed by atoms with Gasteiger partial charge in [-0.3, -0.25) is 0 Å². The lowest BCUT2D eigenvalue weighted by atomic mass is 10.0. The predicted molar refractivity (Wildman–Crippen MR) is 78.1 cm³/mol. The molecule has 0 aliphatic rings. The molecule has 1 unspecified atom stereocenters. The highest BCUT2D eigenvalue weighted by atomic mass is 32.1. The third kappa shape index (κ3) is 3.66. The molecule has 1 atom stereocenters. The Morgan fingerprint density at radius 2 is 2.24 bits per heavy atom. The van der Waals surface area contributed by atoms with Gasteiger partial charge in [-0.25, -0.2) is 0 Å². The molecule has 0 amide bonds. The van der Waals surface area contributed by atoms with Crippen LogP contribution in [0.25, 0.3) is 0 Å². The van der Waals surface area contributed by atoms with Gasteiger partial charge in [0.1, 0.15) is 0 Å². The molecule has 0 radical (unpaired) electrons. The Kier molecular flexibility index (Phi) is 4.77. The minimum Gasteiger partial charge on any atom is -0.313 e. The monoisotopic (exact) mass is 265 g/mol. The second-order valence-electron chi connectivity index (χ2n) is 4.30. The van der Waals surface area contributed by atoms with Gasteiger partial charge in [-0.15, -0.1) is 22.7 Å². The van der Waals surface area contributed by atoms with Crippen molar-refractivity contribution in [2.45, 2.75) is 32.2 Å². The Bertz CT molecular complexity index is 431. The Balaban J connectivity index is 1.84. The molecule has 1 N–H and O–H groups in total. The van der Waals surface area contributed by atoms with E-state index < -0.39 is 0 Å². The van der Waals surface area contributed by atoms with Crippen molar-refractivity contribution in [2.75, 3.05) is 7.05 Å². The molecular formula is C14H19NS2. The maximum atomic E-state index is 3.42. The second kappa shape index (κ2) is 6.34. The van der Waals surface area contributed by atoms with Crippen LogP contribution in [-0.2, 0) is 6.42 Å². The fourth-order valence-electron chi connectivity index (χ4n) is 2.06. The van der Waals surface area contributed by atoms with E-state index in [4.69, 9.17) is 0 Å². The molecule has 92 valence electrons. The quantitative estimate of drug-likeness (QED) is 0.816. The molecule has 2 heterocycles. The Morgan fingerprint density at radius 1 is 1.35 bits per heavy atom. The highest BCUT2D eigenvalue weighted by Crippen LogP contribution is 2.24. The van der Waals surface area contributed by atoms with E-state index in [1.54, 1.807) is 0 Å². The average Bonchev–Trinajstić information content (AvgIpc) is 2.96. The normalized spacial score (nSPS) is 12.8. The van der Waals surface area contributed by atoms with E-state index in [9.17, 15) is 0 Å². The smallest absolute Gasteiger partial charge is 0.0326 e. The van der Waals surface area contributed by atoms with Gasteiger partial charge in [-0.1, -0.05) is 6.07 Å². The third-order valence-electron chi connectivity index (χ3n) is 3.00. The summed E-state index contributed by atoms with van der Waals surface area (Å²) in [6.45, 7) is 2.17. The highest BCUT2D eigenvalue weighted by Gasteiger charge is 2.10. The van der Waals surface area contributed by atoms with Crippen LogP contribution >= 0.6 is 22.7 Å². The first-order valence-electron chi connectivity index (χ1n) is 6.04. The van der Waals surface area contributed by atoms with Gasteiger partial charge in [-0.05, 0) is 61.7 Å². The first-order chi connectivity index (χ1) is 8.29. The van der Waals surface area contributed by atoms with Crippen LogP contribution < -0.4 is 5.32 Å². The van der Waals surface area contributed by atoms with Crippen molar-refractivity contribution in [3.8, 4) is 0 Å². The van der Waals surface area contributed by atoms with Gasteiger partial charge in [0.2, 0.25) is 0 Å². The Morgan fingerprint density at radius 3 is 2.82 bits per heavy atom. The van der Waals surface area contributed by atoms with Crippen LogP contribution in [0.3, 0.4) is 0 Å².